The number of rotatable bonds is 3. The highest BCUT2D eigenvalue weighted by molar-refractivity contribution is 6.03. The standard InChI is InChI=1S/C17H19N3O3/c1-4-14-19-15(10(2)23-14)16(21)18-12-9-11-7-5-6-8-13(11)20(3)17(12)22/h5-8,12H,4,9H2,1-3H3,(H,18,21). The van der Waals surface area contributed by atoms with Gasteiger partial charge < -0.3 is 14.6 Å². The normalized spacial score (nSPS) is 17.1. The Hall–Kier alpha value is -2.63. The number of nitrogens with one attached hydrogen (secondary N) is 1. The van der Waals surface area contributed by atoms with E-state index in [1.165, 1.54) is 0 Å². The summed E-state index contributed by atoms with van der Waals surface area (Å²) in [5.74, 6) is 0.479. The summed E-state index contributed by atoms with van der Waals surface area (Å²) in [6.07, 6.45) is 1.09. The Morgan fingerprint density at radius 2 is 2.17 bits per heavy atom. The number of hydrogen-bond donors (Lipinski definition) is 1. The minimum atomic E-state index is -0.594. The van der Waals surface area contributed by atoms with Gasteiger partial charge in [-0.3, -0.25) is 9.59 Å². The number of anilines is 1. The molecular formula is C17H19N3O3. The molecule has 1 aliphatic heterocycles. The van der Waals surface area contributed by atoms with Crippen LogP contribution in [0.1, 0.15) is 34.6 Å². The van der Waals surface area contributed by atoms with E-state index in [0.29, 0.717) is 24.5 Å². The van der Waals surface area contributed by atoms with Gasteiger partial charge in [0.25, 0.3) is 5.91 Å². The predicted octanol–water partition coefficient (Wildman–Crippen LogP) is 1.86. The molecule has 6 nitrogen and oxygen atoms in total. The van der Waals surface area contributed by atoms with Crippen molar-refractivity contribution in [2.24, 2.45) is 0 Å². The maximum Gasteiger partial charge on any atom is 0.274 e. The van der Waals surface area contributed by atoms with Gasteiger partial charge in [0.2, 0.25) is 5.91 Å². The Kier molecular flexibility index (Phi) is 3.90. The summed E-state index contributed by atoms with van der Waals surface area (Å²) in [6, 6.07) is 7.10. The summed E-state index contributed by atoms with van der Waals surface area (Å²) < 4.78 is 5.41. The van der Waals surface area contributed by atoms with Crippen LogP contribution in [0.15, 0.2) is 28.7 Å². The van der Waals surface area contributed by atoms with Crippen molar-refractivity contribution in [3.8, 4) is 0 Å². The zero-order valence-corrected chi connectivity index (χ0v) is 13.4. The van der Waals surface area contributed by atoms with Gasteiger partial charge in [-0.05, 0) is 18.6 Å². The Labute approximate surface area is 134 Å². The van der Waals surface area contributed by atoms with Crippen LogP contribution in [0.2, 0.25) is 0 Å². The number of nitrogens with zero attached hydrogens (tertiary/aromatic N) is 2. The van der Waals surface area contributed by atoms with Gasteiger partial charge in [-0.2, -0.15) is 0 Å². The lowest BCUT2D eigenvalue weighted by atomic mass is 9.97. The largest absolute Gasteiger partial charge is 0.445 e. The molecule has 0 fully saturated rings. The lowest BCUT2D eigenvalue weighted by Gasteiger charge is -2.31. The molecule has 120 valence electrons. The number of aryl methyl sites for hydroxylation is 2. The molecule has 0 radical (unpaired) electrons. The minimum Gasteiger partial charge on any atom is -0.445 e. The average molecular weight is 313 g/mol. The van der Waals surface area contributed by atoms with E-state index >= 15 is 0 Å². The van der Waals surface area contributed by atoms with Crippen LogP contribution in [0, 0.1) is 6.92 Å². The van der Waals surface area contributed by atoms with E-state index in [1.54, 1.807) is 18.9 Å². The number of amides is 2. The molecule has 0 saturated heterocycles. The minimum absolute atomic E-state index is 0.131. The molecule has 2 heterocycles. The quantitative estimate of drug-likeness (QED) is 0.938. The summed E-state index contributed by atoms with van der Waals surface area (Å²) in [5, 5.41) is 2.78. The van der Waals surface area contributed by atoms with Crippen LogP contribution in [0.3, 0.4) is 0 Å². The van der Waals surface area contributed by atoms with E-state index in [-0.39, 0.29) is 17.5 Å². The Bertz CT molecular complexity index is 766. The van der Waals surface area contributed by atoms with Crippen molar-refractivity contribution >= 4 is 17.5 Å². The Morgan fingerprint density at radius 3 is 2.87 bits per heavy atom. The zero-order valence-electron chi connectivity index (χ0n) is 13.4. The first-order valence-electron chi connectivity index (χ1n) is 7.64. The predicted molar refractivity (Wildman–Crippen MR) is 85.4 cm³/mol. The van der Waals surface area contributed by atoms with Crippen molar-refractivity contribution in [2.75, 3.05) is 11.9 Å². The van der Waals surface area contributed by atoms with Crippen LogP contribution in [0.25, 0.3) is 0 Å². The maximum absolute atomic E-state index is 12.5. The lowest BCUT2D eigenvalue weighted by molar-refractivity contribution is -0.120. The second-order valence-electron chi connectivity index (χ2n) is 5.62. The fourth-order valence-corrected chi connectivity index (χ4v) is 2.82. The van der Waals surface area contributed by atoms with E-state index in [1.807, 2.05) is 31.2 Å². The number of benzene rings is 1. The van der Waals surface area contributed by atoms with Crippen LogP contribution in [0.4, 0.5) is 5.69 Å². The molecule has 23 heavy (non-hydrogen) atoms. The molecule has 0 saturated carbocycles. The van der Waals surface area contributed by atoms with Crippen LogP contribution in [-0.4, -0.2) is 29.9 Å². The van der Waals surface area contributed by atoms with Gasteiger partial charge in [0.15, 0.2) is 11.6 Å². The third-order valence-electron chi connectivity index (χ3n) is 4.07. The van der Waals surface area contributed by atoms with E-state index in [4.69, 9.17) is 4.42 Å². The van der Waals surface area contributed by atoms with E-state index in [0.717, 1.165) is 11.3 Å². The highest BCUT2D eigenvalue weighted by atomic mass is 16.4. The number of aromatic nitrogens is 1. The monoisotopic (exact) mass is 313 g/mol. The van der Waals surface area contributed by atoms with Gasteiger partial charge in [-0.25, -0.2) is 4.98 Å². The van der Waals surface area contributed by atoms with E-state index in [9.17, 15) is 9.59 Å². The summed E-state index contributed by atoms with van der Waals surface area (Å²) in [7, 11) is 1.72. The summed E-state index contributed by atoms with van der Waals surface area (Å²) in [5.41, 5.74) is 2.16. The molecule has 1 N–H and O–H groups in total. The topological polar surface area (TPSA) is 75.4 Å². The Morgan fingerprint density at radius 1 is 1.43 bits per heavy atom. The van der Waals surface area contributed by atoms with Crippen molar-refractivity contribution < 1.29 is 14.0 Å². The fraction of sp³-hybridized carbons (Fsp3) is 0.353. The average Bonchev–Trinajstić information content (AvgIpc) is 2.93. The second-order valence-corrected chi connectivity index (χ2v) is 5.62. The van der Waals surface area contributed by atoms with Gasteiger partial charge in [0, 0.05) is 25.6 Å². The second kappa shape index (κ2) is 5.87. The van der Waals surface area contributed by atoms with Crippen LogP contribution >= 0.6 is 0 Å². The first kappa shape index (κ1) is 15.3. The number of carbonyl (C=O) groups is 2. The van der Waals surface area contributed by atoms with Gasteiger partial charge in [0.1, 0.15) is 11.8 Å². The van der Waals surface area contributed by atoms with Crippen LogP contribution in [-0.2, 0) is 17.6 Å². The van der Waals surface area contributed by atoms with Crippen molar-refractivity contribution in [3.63, 3.8) is 0 Å². The van der Waals surface area contributed by atoms with Gasteiger partial charge in [-0.15, -0.1) is 0 Å². The molecule has 1 atom stereocenters. The molecule has 0 aliphatic carbocycles. The molecular weight excluding hydrogens is 294 g/mol. The van der Waals surface area contributed by atoms with E-state index < -0.39 is 6.04 Å². The van der Waals surface area contributed by atoms with Gasteiger partial charge in [0.05, 0.1) is 0 Å². The molecule has 0 bridgehead atoms. The van der Waals surface area contributed by atoms with Crippen LogP contribution < -0.4 is 10.2 Å². The number of oxazole rings is 1. The highest BCUT2D eigenvalue weighted by Crippen LogP contribution is 2.26. The molecule has 1 unspecified atom stereocenters. The summed E-state index contributed by atoms with van der Waals surface area (Å²) >= 11 is 0. The van der Waals surface area contributed by atoms with Crippen molar-refractivity contribution in [1.82, 2.24) is 10.3 Å². The van der Waals surface area contributed by atoms with Crippen LogP contribution in [0.5, 0.6) is 0 Å². The summed E-state index contributed by atoms with van der Waals surface area (Å²) in [4.78, 5) is 30.7. The van der Waals surface area contributed by atoms with Gasteiger partial charge in [-0.1, -0.05) is 25.1 Å². The molecule has 2 aromatic rings. The number of fused-ring (bicyclic) bond motifs is 1. The van der Waals surface area contributed by atoms with Gasteiger partial charge >= 0.3 is 0 Å². The summed E-state index contributed by atoms with van der Waals surface area (Å²) in [6.45, 7) is 3.61. The third kappa shape index (κ3) is 2.72. The SMILES string of the molecule is CCc1nc(C(=O)NC2Cc3ccccc3N(C)C2=O)c(C)o1. The first-order chi connectivity index (χ1) is 11.0. The third-order valence-corrected chi connectivity index (χ3v) is 4.07. The Balaban J connectivity index is 1.81. The lowest BCUT2D eigenvalue weighted by Crippen LogP contribution is -2.51. The fourth-order valence-electron chi connectivity index (χ4n) is 2.82. The van der Waals surface area contributed by atoms with Crippen molar-refractivity contribution in [2.45, 2.75) is 32.7 Å². The molecule has 1 aromatic carbocycles. The van der Waals surface area contributed by atoms with Crippen molar-refractivity contribution in [1.29, 1.82) is 0 Å². The van der Waals surface area contributed by atoms with Crippen molar-refractivity contribution in [3.05, 3.63) is 47.2 Å². The molecule has 1 aromatic heterocycles. The zero-order chi connectivity index (χ0) is 16.6. The number of carbonyl (C=O) groups excluding carboxylic acids is 2. The highest BCUT2D eigenvalue weighted by Gasteiger charge is 2.32. The smallest absolute Gasteiger partial charge is 0.274 e. The van der Waals surface area contributed by atoms with E-state index in [2.05, 4.69) is 10.3 Å². The molecule has 2 amide bonds. The molecule has 1 aliphatic rings. The first-order valence-corrected chi connectivity index (χ1v) is 7.64. The molecule has 6 heteroatoms. The number of hydrogen-bond acceptors (Lipinski definition) is 4. The number of para-hydroxylation sites is 1. The maximum atomic E-state index is 12.5. The number of likely N-dealkylation sites (N-methyl/N-ethyl adjacent to an activating group) is 1. The molecule has 0 spiro atoms. The molecule has 3 rings (SSSR count).